The van der Waals surface area contributed by atoms with Crippen LogP contribution in [0.5, 0.6) is 0 Å². The van der Waals surface area contributed by atoms with Gasteiger partial charge in [0.15, 0.2) is 88.6 Å². The molecule has 8 N–H and O–H groups in total. The van der Waals surface area contributed by atoms with E-state index in [-0.39, 0.29) is 46.0 Å². The molecule has 0 aromatic heterocycles. The number of hydrogen-bond acceptors (Lipinski definition) is 14. The summed E-state index contributed by atoms with van der Waals surface area (Å²) in [6.45, 7) is 8.93. The third kappa shape index (κ3) is 43.9. The summed E-state index contributed by atoms with van der Waals surface area (Å²) in [4.78, 5) is 12.2. The van der Waals surface area contributed by atoms with Gasteiger partial charge in [-0.25, -0.2) is 33.7 Å². The molecule has 0 amide bonds. The molecule has 0 radical (unpaired) electrons. The lowest BCUT2D eigenvalue weighted by molar-refractivity contribution is 0.209. The van der Waals surface area contributed by atoms with E-state index in [0.29, 0.717) is 130 Å². The van der Waals surface area contributed by atoms with Gasteiger partial charge in [-0.1, -0.05) is 12.8 Å². The fourth-order valence-electron chi connectivity index (χ4n) is 6.77. The fraction of sp³-hybridized carbons (Fsp3) is 1.00. The average molecular weight is 1080 g/mol. The zero-order valence-electron chi connectivity index (χ0n) is 36.8. The summed E-state index contributed by atoms with van der Waals surface area (Å²) in [7, 11) is 0. The van der Waals surface area contributed by atoms with Crippen LogP contribution in [0.25, 0.3) is 0 Å². The lowest BCUT2D eigenvalue weighted by Crippen LogP contribution is -2.37. The van der Waals surface area contributed by atoms with Crippen molar-refractivity contribution in [2.75, 3.05) is 164 Å². The molecule has 8 unspecified atom stereocenters. The summed E-state index contributed by atoms with van der Waals surface area (Å²) in [5, 5.41) is 0. The summed E-state index contributed by atoms with van der Waals surface area (Å²) >= 11 is -16.0. The Bertz CT molecular complexity index is 1140. The Morgan fingerprint density at radius 1 is 0.188 bits per heavy atom. The highest BCUT2D eigenvalue weighted by molar-refractivity contribution is 7.80. The minimum atomic E-state index is -2.00. The van der Waals surface area contributed by atoms with Crippen molar-refractivity contribution in [2.45, 2.75) is 51.4 Å². The monoisotopic (exact) mass is 1080 g/mol. The van der Waals surface area contributed by atoms with Gasteiger partial charge in [-0.15, -0.1) is 0 Å². The van der Waals surface area contributed by atoms with E-state index in [1.54, 1.807) is 0 Å². The molecule has 64 heavy (non-hydrogen) atoms. The second-order valence-corrected chi connectivity index (χ2v) is 23.5. The predicted molar refractivity (Wildman–Crippen MR) is 261 cm³/mol. The lowest BCUT2D eigenvalue weighted by Gasteiger charge is -2.27. The first-order valence-electron chi connectivity index (χ1n) is 21.3. The highest BCUT2D eigenvalue weighted by Gasteiger charge is 2.15. The Balaban J connectivity index is 5.63. The van der Waals surface area contributed by atoms with Gasteiger partial charge in [0, 0.05) is 52.4 Å². The number of hydrogen-bond donors (Lipinski definition) is 8. The SMILES string of the molecule is O=S(O)CCN(CCCN(CCCCCCN(CCCN(CCS(=O)O)CCS(=O)O)CCCN(CCS(=O)O)CCS(=O)O)CCCN(CCS(=O)O)CCS(=O)O)CCS(=O)O. The van der Waals surface area contributed by atoms with Crippen molar-refractivity contribution in [3.63, 3.8) is 0 Å². The molecule has 8 atom stereocenters. The molecule has 0 rings (SSSR count). The molecule has 0 aliphatic heterocycles. The molecule has 0 bridgehead atoms. The van der Waals surface area contributed by atoms with Crippen LogP contribution in [-0.2, 0) is 88.6 Å². The molecular weight excluding hydrogens is 1000 g/mol. The Hall–Kier alpha value is 0.640. The standard InChI is InChI=1S/C34H76N6O16S8/c41-57(42)27-19-37(20-28-58(43)44)15-5-11-35(12-6-16-38(21-29-59(45)46)22-30-60(47)48)9-3-1-2-4-10-36(13-7-17-39(23-31-61(49)50)24-32-62(51)52)14-8-18-40(25-33-63(53)54)26-34-64(55)56/h1-34H2,(H,41,42)(H,43,44)(H,45,46)(H,47,48)(H,49,50)(H,51,52)(H,53,54)(H,55,56). The van der Waals surface area contributed by atoms with Gasteiger partial charge in [-0.3, -0.25) is 0 Å². The second-order valence-electron chi connectivity index (χ2n) is 15.1. The normalized spacial score (nSPS) is 16.3. The van der Waals surface area contributed by atoms with Gasteiger partial charge in [0.25, 0.3) is 0 Å². The van der Waals surface area contributed by atoms with Crippen molar-refractivity contribution in [3.8, 4) is 0 Å². The molecule has 0 spiro atoms. The van der Waals surface area contributed by atoms with Crippen LogP contribution in [-0.4, -0.2) is 263 Å². The van der Waals surface area contributed by atoms with E-state index >= 15 is 0 Å². The molecule has 0 aliphatic rings. The zero-order chi connectivity index (χ0) is 48.1. The number of unbranched alkanes of at least 4 members (excludes halogenated alkanes) is 3. The van der Waals surface area contributed by atoms with Gasteiger partial charge in [0.2, 0.25) is 0 Å². The van der Waals surface area contributed by atoms with Crippen LogP contribution in [0.2, 0.25) is 0 Å². The highest BCUT2D eigenvalue weighted by atomic mass is 32.2. The van der Waals surface area contributed by atoms with E-state index in [4.69, 9.17) is 0 Å². The summed E-state index contributed by atoms with van der Waals surface area (Å²) in [6.07, 6.45) is 6.40. The lowest BCUT2D eigenvalue weighted by atomic mass is 10.1. The Kier molecular flexibility index (Phi) is 42.9. The van der Waals surface area contributed by atoms with E-state index < -0.39 is 88.6 Å². The van der Waals surface area contributed by atoms with Gasteiger partial charge < -0.3 is 65.8 Å². The first-order valence-corrected chi connectivity index (χ1v) is 31.5. The van der Waals surface area contributed by atoms with Gasteiger partial charge in [0.1, 0.15) is 0 Å². The van der Waals surface area contributed by atoms with E-state index in [1.807, 2.05) is 19.6 Å². The van der Waals surface area contributed by atoms with Gasteiger partial charge in [0.05, 0.1) is 46.0 Å². The molecule has 30 heteroatoms. The molecule has 0 saturated heterocycles. The minimum absolute atomic E-state index is 0.0203. The molecule has 386 valence electrons. The van der Waals surface area contributed by atoms with E-state index in [0.717, 1.165) is 38.8 Å². The van der Waals surface area contributed by atoms with Crippen LogP contribution >= 0.6 is 0 Å². The minimum Gasteiger partial charge on any atom is -0.306 e. The molecule has 0 saturated carbocycles. The molecule has 0 aromatic rings. The van der Waals surface area contributed by atoms with Crippen LogP contribution in [0.4, 0.5) is 0 Å². The quantitative estimate of drug-likeness (QED) is 0.0286. The third-order valence-electron chi connectivity index (χ3n) is 10.2. The maximum Gasteiger partial charge on any atom is 0.154 e. The van der Waals surface area contributed by atoms with Crippen LogP contribution in [0.3, 0.4) is 0 Å². The number of rotatable bonds is 47. The Morgan fingerprint density at radius 2 is 0.312 bits per heavy atom. The summed E-state index contributed by atoms with van der Waals surface area (Å²) in [6, 6.07) is 0. The summed E-state index contributed by atoms with van der Waals surface area (Å²) in [5.41, 5.74) is 0. The van der Waals surface area contributed by atoms with Gasteiger partial charge in [-0.05, 0) is 104 Å². The zero-order valence-corrected chi connectivity index (χ0v) is 43.4. The second kappa shape index (κ2) is 42.5. The third-order valence-corrected chi connectivity index (χ3v) is 14.4. The molecule has 0 heterocycles. The average Bonchev–Trinajstić information content (AvgIpc) is 3.20. The summed E-state index contributed by atoms with van der Waals surface area (Å²) in [5.74, 6) is 0.162. The van der Waals surface area contributed by atoms with E-state index in [2.05, 4.69) is 9.80 Å². The first kappa shape index (κ1) is 64.6. The van der Waals surface area contributed by atoms with Gasteiger partial charge in [-0.2, -0.15) is 0 Å². The van der Waals surface area contributed by atoms with Crippen molar-refractivity contribution < 1.29 is 70.1 Å². The van der Waals surface area contributed by atoms with Crippen LogP contribution in [0.15, 0.2) is 0 Å². The first-order chi connectivity index (χ1) is 30.4. The van der Waals surface area contributed by atoms with Gasteiger partial charge >= 0.3 is 0 Å². The highest BCUT2D eigenvalue weighted by Crippen LogP contribution is 2.09. The van der Waals surface area contributed by atoms with Crippen LogP contribution in [0.1, 0.15) is 51.4 Å². The van der Waals surface area contributed by atoms with Crippen LogP contribution < -0.4 is 0 Å². The van der Waals surface area contributed by atoms with Crippen molar-refractivity contribution in [2.24, 2.45) is 0 Å². The molecule has 22 nitrogen and oxygen atoms in total. The molecular formula is C34H76N6O16S8. The Labute approximate surface area is 400 Å². The summed E-state index contributed by atoms with van der Waals surface area (Å²) < 4.78 is 165. The van der Waals surface area contributed by atoms with Crippen molar-refractivity contribution in [1.82, 2.24) is 29.4 Å². The maximum atomic E-state index is 11.3. The molecule has 0 fully saturated rings. The topological polar surface area (TPSA) is 318 Å². The smallest absolute Gasteiger partial charge is 0.154 e. The Morgan fingerprint density at radius 3 is 0.453 bits per heavy atom. The number of nitrogens with zero attached hydrogens (tertiary/aromatic N) is 6. The predicted octanol–water partition coefficient (Wildman–Crippen LogP) is -0.307. The molecule has 0 aromatic carbocycles. The van der Waals surface area contributed by atoms with Crippen molar-refractivity contribution in [3.05, 3.63) is 0 Å². The fourth-order valence-corrected chi connectivity index (χ4v) is 10.1. The van der Waals surface area contributed by atoms with E-state index in [1.165, 1.54) is 0 Å². The maximum absolute atomic E-state index is 11.3. The van der Waals surface area contributed by atoms with E-state index in [9.17, 15) is 70.1 Å². The van der Waals surface area contributed by atoms with Crippen LogP contribution in [0, 0.1) is 0 Å². The van der Waals surface area contributed by atoms with Crippen molar-refractivity contribution >= 4 is 88.6 Å². The molecule has 0 aliphatic carbocycles. The largest absolute Gasteiger partial charge is 0.306 e. The van der Waals surface area contributed by atoms with Crippen molar-refractivity contribution in [1.29, 1.82) is 0 Å².